The van der Waals surface area contributed by atoms with Gasteiger partial charge in [-0.3, -0.25) is 9.89 Å². The molecule has 1 aromatic heterocycles. The number of rotatable bonds is 4. The van der Waals surface area contributed by atoms with Gasteiger partial charge >= 0.3 is 0 Å². The van der Waals surface area contributed by atoms with E-state index < -0.39 is 0 Å². The lowest BCUT2D eigenvalue weighted by Crippen LogP contribution is -2.25. The number of methoxy groups -OCH3 is 1. The van der Waals surface area contributed by atoms with Gasteiger partial charge in [0.2, 0.25) is 0 Å². The number of hydrogen-bond donors (Lipinski definition) is 2. The summed E-state index contributed by atoms with van der Waals surface area (Å²) in [4.78, 5) is 11.9. The van der Waals surface area contributed by atoms with Crippen LogP contribution in [-0.2, 0) is 0 Å². The fourth-order valence-corrected chi connectivity index (χ4v) is 1.92. The van der Waals surface area contributed by atoms with E-state index in [1.807, 2.05) is 24.3 Å². The SMILES string of the molecule is COc1ccccc1-c1cc(C(=O)NC2CC2)[nH]n1. The first-order chi connectivity index (χ1) is 9.28. The first-order valence-corrected chi connectivity index (χ1v) is 6.27. The van der Waals surface area contributed by atoms with Crippen LogP contribution in [0.3, 0.4) is 0 Å². The van der Waals surface area contributed by atoms with Crippen LogP contribution in [0.25, 0.3) is 11.3 Å². The zero-order valence-electron chi connectivity index (χ0n) is 10.6. The third-order valence-electron chi connectivity index (χ3n) is 3.12. The molecule has 1 aliphatic carbocycles. The molecule has 0 unspecified atom stereocenters. The van der Waals surface area contributed by atoms with E-state index in [1.165, 1.54) is 0 Å². The number of H-pyrrole nitrogens is 1. The Morgan fingerprint density at radius 2 is 2.21 bits per heavy atom. The molecule has 5 nitrogen and oxygen atoms in total. The molecule has 0 bridgehead atoms. The predicted molar refractivity (Wildman–Crippen MR) is 71.1 cm³/mol. The van der Waals surface area contributed by atoms with Gasteiger partial charge in [0.05, 0.1) is 12.8 Å². The zero-order chi connectivity index (χ0) is 13.2. The van der Waals surface area contributed by atoms with Gasteiger partial charge in [0.1, 0.15) is 11.4 Å². The molecule has 0 spiro atoms. The van der Waals surface area contributed by atoms with Crippen LogP contribution in [0, 0.1) is 0 Å². The summed E-state index contributed by atoms with van der Waals surface area (Å²) < 4.78 is 5.29. The van der Waals surface area contributed by atoms with Crippen molar-refractivity contribution in [1.82, 2.24) is 15.5 Å². The summed E-state index contributed by atoms with van der Waals surface area (Å²) in [7, 11) is 1.62. The summed E-state index contributed by atoms with van der Waals surface area (Å²) in [5, 5.41) is 9.87. The van der Waals surface area contributed by atoms with Crippen molar-refractivity contribution in [2.24, 2.45) is 0 Å². The van der Waals surface area contributed by atoms with Crippen molar-refractivity contribution in [3.05, 3.63) is 36.0 Å². The molecule has 1 amide bonds. The van der Waals surface area contributed by atoms with E-state index in [4.69, 9.17) is 4.74 Å². The number of para-hydroxylation sites is 1. The Bertz CT molecular complexity index is 602. The van der Waals surface area contributed by atoms with Gasteiger partial charge in [-0.15, -0.1) is 0 Å². The van der Waals surface area contributed by atoms with Crippen LogP contribution in [0.4, 0.5) is 0 Å². The number of carbonyl (C=O) groups is 1. The molecule has 3 rings (SSSR count). The largest absolute Gasteiger partial charge is 0.496 e. The molecule has 5 heteroatoms. The van der Waals surface area contributed by atoms with E-state index in [9.17, 15) is 4.79 Å². The number of hydrogen-bond acceptors (Lipinski definition) is 3. The molecule has 1 aliphatic rings. The summed E-state index contributed by atoms with van der Waals surface area (Å²) in [6.07, 6.45) is 2.14. The first-order valence-electron chi connectivity index (χ1n) is 6.27. The molecule has 98 valence electrons. The van der Waals surface area contributed by atoms with Crippen LogP contribution < -0.4 is 10.1 Å². The number of nitrogens with one attached hydrogen (secondary N) is 2. The van der Waals surface area contributed by atoms with Crippen LogP contribution in [-0.4, -0.2) is 29.3 Å². The minimum Gasteiger partial charge on any atom is -0.496 e. The van der Waals surface area contributed by atoms with E-state index in [2.05, 4.69) is 15.5 Å². The lowest BCUT2D eigenvalue weighted by atomic mass is 10.1. The van der Waals surface area contributed by atoms with Gasteiger partial charge < -0.3 is 10.1 Å². The average molecular weight is 257 g/mol. The smallest absolute Gasteiger partial charge is 0.269 e. The number of ether oxygens (including phenoxy) is 1. The molecule has 1 heterocycles. The fraction of sp³-hybridized carbons (Fsp3) is 0.286. The monoisotopic (exact) mass is 257 g/mol. The number of benzene rings is 1. The molecule has 1 aromatic carbocycles. The molecule has 2 aromatic rings. The van der Waals surface area contributed by atoms with Gasteiger partial charge in [-0.2, -0.15) is 5.10 Å². The minimum atomic E-state index is -0.101. The number of aromatic amines is 1. The Morgan fingerprint density at radius 1 is 1.42 bits per heavy atom. The second-order valence-corrected chi connectivity index (χ2v) is 4.61. The maximum absolute atomic E-state index is 11.9. The Hall–Kier alpha value is -2.30. The highest BCUT2D eigenvalue weighted by Gasteiger charge is 2.24. The highest BCUT2D eigenvalue weighted by atomic mass is 16.5. The minimum absolute atomic E-state index is 0.101. The normalized spacial score (nSPS) is 14.2. The summed E-state index contributed by atoms with van der Waals surface area (Å²) in [5.74, 6) is 0.638. The van der Waals surface area contributed by atoms with Gasteiger partial charge in [-0.1, -0.05) is 12.1 Å². The Morgan fingerprint density at radius 3 is 2.95 bits per heavy atom. The average Bonchev–Trinajstić information content (AvgIpc) is 3.11. The van der Waals surface area contributed by atoms with Gasteiger partial charge in [0.25, 0.3) is 5.91 Å². The lowest BCUT2D eigenvalue weighted by molar-refractivity contribution is 0.0946. The molecule has 0 aliphatic heterocycles. The van der Waals surface area contributed by atoms with Gasteiger partial charge in [-0.25, -0.2) is 0 Å². The first kappa shape index (κ1) is 11.8. The third-order valence-corrected chi connectivity index (χ3v) is 3.12. The molecule has 0 saturated heterocycles. The van der Waals surface area contributed by atoms with Crippen molar-refractivity contribution in [1.29, 1.82) is 0 Å². The summed E-state index contributed by atoms with van der Waals surface area (Å²) in [6.45, 7) is 0. The molecule has 1 saturated carbocycles. The Balaban J connectivity index is 1.85. The second-order valence-electron chi connectivity index (χ2n) is 4.61. The van der Waals surface area contributed by atoms with E-state index in [0.29, 0.717) is 17.4 Å². The number of carbonyl (C=O) groups excluding carboxylic acids is 1. The van der Waals surface area contributed by atoms with Crippen molar-refractivity contribution < 1.29 is 9.53 Å². The van der Waals surface area contributed by atoms with Gasteiger partial charge in [0.15, 0.2) is 0 Å². The molecule has 1 fully saturated rings. The van der Waals surface area contributed by atoms with Crippen LogP contribution in [0.15, 0.2) is 30.3 Å². The molecule has 0 atom stereocenters. The van der Waals surface area contributed by atoms with Crippen molar-refractivity contribution in [3.63, 3.8) is 0 Å². The van der Waals surface area contributed by atoms with E-state index in [0.717, 1.165) is 24.2 Å². The van der Waals surface area contributed by atoms with Gasteiger partial charge in [-0.05, 0) is 31.0 Å². The molecule has 0 radical (unpaired) electrons. The van der Waals surface area contributed by atoms with Crippen molar-refractivity contribution in [3.8, 4) is 17.0 Å². The lowest BCUT2D eigenvalue weighted by Gasteiger charge is -2.04. The van der Waals surface area contributed by atoms with Gasteiger partial charge in [0, 0.05) is 11.6 Å². The Kier molecular flexibility index (Phi) is 2.95. The summed E-state index contributed by atoms with van der Waals surface area (Å²) in [6, 6.07) is 9.68. The van der Waals surface area contributed by atoms with Crippen LogP contribution in [0.5, 0.6) is 5.75 Å². The molecular weight excluding hydrogens is 242 g/mol. The van der Waals surface area contributed by atoms with E-state index >= 15 is 0 Å². The quantitative estimate of drug-likeness (QED) is 0.880. The number of nitrogens with zero attached hydrogens (tertiary/aromatic N) is 1. The number of aromatic nitrogens is 2. The predicted octanol–water partition coefficient (Wildman–Crippen LogP) is 1.98. The van der Waals surface area contributed by atoms with E-state index in [-0.39, 0.29) is 5.91 Å². The topological polar surface area (TPSA) is 67.0 Å². The zero-order valence-corrected chi connectivity index (χ0v) is 10.6. The fourth-order valence-electron chi connectivity index (χ4n) is 1.92. The molecular formula is C14H15N3O2. The molecule has 2 N–H and O–H groups in total. The van der Waals surface area contributed by atoms with Crippen molar-refractivity contribution in [2.45, 2.75) is 18.9 Å². The highest BCUT2D eigenvalue weighted by molar-refractivity contribution is 5.93. The summed E-state index contributed by atoms with van der Waals surface area (Å²) >= 11 is 0. The maximum atomic E-state index is 11.9. The molecule has 19 heavy (non-hydrogen) atoms. The van der Waals surface area contributed by atoms with Crippen LogP contribution in [0.2, 0.25) is 0 Å². The maximum Gasteiger partial charge on any atom is 0.269 e. The third kappa shape index (κ3) is 2.45. The van der Waals surface area contributed by atoms with Crippen LogP contribution in [0.1, 0.15) is 23.3 Å². The Labute approximate surface area is 111 Å². The van der Waals surface area contributed by atoms with Crippen molar-refractivity contribution >= 4 is 5.91 Å². The van der Waals surface area contributed by atoms with Crippen molar-refractivity contribution in [2.75, 3.05) is 7.11 Å². The second kappa shape index (κ2) is 4.76. The van der Waals surface area contributed by atoms with E-state index in [1.54, 1.807) is 13.2 Å². The summed E-state index contributed by atoms with van der Waals surface area (Å²) in [5.41, 5.74) is 2.05. The highest BCUT2D eigenvalue weighted by Crippen LogP contribution is 2.28. The van der Waals surface area contributed by atoms with Crippen LogP contribution >= 0.6 is 0 Å². The number of amides is 1. The standard InChI is InChI=1S/C14H15N3O2/c1-19-13-5-3-2-4-10(13)11-8-12(17-16-11)14(18)15-9-6-7-9/h2-5,8-9H,6-7H2,1H3,(H,15,18)(H,16,17).